The summed E-state index contributed by atoms with van der Waals surface area (Å²) in [6.07, 6.45) is 6.40. The van der Waals surface area contributed by atoms with Crippen molar-refractivity contribution in [3.05, 3.63) is 77.4 Å². The summed E-state index contributed by atoms with van der Waals surface area (Å²) >= 11 is 0. The van der Waals surface area contributed by atoms with E-state index in [4.69, 9.17) is 4.98 Å². The fourth-order valence-electron chi connectivity index (χ4n) is 3.81. The number of benzene rings is 2. The van der Waals surface area contributed by atoms with Gasteiger partial charge in [-0.05, 0) is 54.1 Å². The summed E-state index contributed by atoms with van der Waals surface area (Å²) in [4.78, 5) is 4.71. The van der Waals surface area contributed by atoms with Gasteiger partial charge in [-0.2, -0.15) is 0 Å². The number of hydrogen-bond acceptors (Lipinski definition) is 1. The molecule has 1 heterocycles. The lowest BCUT2D eigenvalue weighted by atomic mass is 9.79. The van der Waals surface area contributed by atoms with Crippen molar-refractivity contribution < 1.29 is 4.39 Å². The van der Waals surface area contributed by atoms with Crippen LogP contribution in [-0.4, -0.2) is 4.98 Å². The van der Waals surface area contributed by atoms with Gasteiger partial charge in [0, 0.05) is 17.5 Å². The number of fused-ring (bicyclic) bond motifs is 3. The Morgan fingerprint density at radius 2 is 1.75 bits per heavy atom. The Hall–Kier alpha value is -2.48. The highest BCUT2D eigenvalue weighted by molar-refractivity contribution is 6.08. The number of rotatable bonds is 1. The first-order chi connectivity index (χ1) is 11.5. The van der Waals surface area contributed by atoms with Gasteiger partial charge in [0.1, 0.15) is 5.82 Å². The average molecular weight is 317 g/mol. The number of nitrogens with zero attached hydrogens (tertiary/aromatic N) is 1. The quantitative estimate of drug-likeness (QED) is 0.490. The van der Waals surface area contributed by atoms with Crippen molar-refractivity contribution in [2.75, 3.05) is 0 Å². The molecule has 1 aliphatic carbocycles. The molecule has 0 amide bonds. The fraction of sp³-hybridized carbons (Fsp3) is 0.227. The number of hydrogen-bond donors (Lipinski definition) is 0. The van der Waals surface area contributed by atoms with Gasteiger partial charge in [-0.15, -0.1) is 0 Å². The summed E-state index contributed by atoms with van der Waals surface area (Å²) in [5, 5.41) is 4.20. The molecular formula is C22H20FN. The maximum Gasteiger partial charge on any atom is 0.123 e. The Labute approximate surface area is 141 Å². The molecular weight excluding hydrogens is 297 g/mol. The van der Waals surface area contributed by atoms with Crippen molar-refractivity contribution in [1.29, 1.82) is 0 Å². The average Bonchev–Trinajstić information content (AvgIpc) is 2.57. The van der Waals surface area contributed by atoms with Crippen LogP contribution in [0, 0.1) is 11.7 Å². The maximum absolute atomic E-state index is 13.8. The molecule has 0 saturated carbocycles. The fourth-order valence-corrected chi connectivity index (χ4v) is 3.81. The molecule has 1 aliphatic rings. The van der Waals surface area contributed by atoms with Crippen LogP contribution in [0.15, 0.2) is 65.9 Å². The lowest BCUT2D eigenvalue weighted by Gasteiger charge is -2.27. The van der Waals surface area contributed by atoms with Gasteiger partial charge in [-0.3, -0.25) is 4.98 Å². The first-order valence-electron chi connectivity index (χ1n) is 8.38. The maximum atomic E-state index is 13.8. The predicted molar refractivity (Wildman–Crippen MR) is 98.6 cm³/mol. The van der Waals surface area contributed by atoms with E-state index in [0.29, 0.717) is 5.92 Å². The SMILES string of the molecule is CC1=CC(c2nccc3c2ccc2ccc(F)cc23)[C@@H](C)C(C)=C1. The van der Waals surface area contributed by atoms with Crippen molar-refractivity contribution in [3.8, 4) is 0 Å². The van der Waals surface area contributed by atoms with E-state index in [-0.39, 0.29) is 11.7 Å². The second kappa shape index (κ2) is 5.55. The predicted octanol–water partition coefficient (Wildman–Crippen LogP) is 6.15. The van der Waals surface area contributed by atoms with Crippen molar-refractivity contribution in [2.45, 2.75) is 26.7 Å². The molecule has 2 atom stereocenters. The molecule has 3 aromatic rings. The van der Waals surface area contributed by atoms with Crippen LogP contribution in [0.25, 0.3) is 21.5 Å². The van der Waals surface area contributed by atoms with Crippen LogP contribution in [0.2, 0.25) is 0 Å². The van der Waals surface area contributed by atoms with Crippen LogP contribution in [-0.2, 0) is 0 Å². The van der Waals surface area contributed by atoms with Gasteiger partial charge in [0.25, 0.3) is 0 Å². The third-order valence-electron chi connectivity index (χ3n) is 5.23. The normalized spacial score (nSPS) is 21.0. The minimum absolute atomic E-state index is 0.200. The summed E-state index contributed by atoms with van der Waals surface area (Å²) in [5.74, 6) is 0.466. The van der Waals surface area contributed by atoms with Gasteiger partial charge in [-0.1, -0.05) is 48.4 Å². The zero-order valence-corrected chi connectivity index (χ0v) is 14.2. The van der Waals surface area contributed by atoms with E-state index in [2.05, 4.69) is 45.1 Å². The highest BCUT2D eigenvalue weighted by Gasteiger charge is 2.24. The van der Waals surface area contributed by atoms with Crippen molar-refractivity contribution in [1.82, 2.24) is 4.98 Å². The van der Waals surface area contributed by atoms with E-state index < -0.39 is 0 Å². The van der Waals surface area contributed by atoms with Crippen molar-refractivity contribution >= 4 is 21.5 Å². The van der Waals surface area contributed by atoms with Crippen LogP contribution in [0.5, 0.6) is 0 Å². The van der Waals surface area contributed by atoms with Crippen LogP contribution >= 0.6 is 0 Å². The standard InChI is InChI=1S/C22H20FN/c1-13-10-14(2)15(3)20(11-13)22-19-7-5-16-4-6-17(23)12-21(16)18(19)8-9-24-22/h4-12,15,20H,1-3H3/t15-,20?/m0/s1. The molecule has 0 saturated heterocycles. The Kier molecular flexibility index (Phi) is 3.49. The summed E-state index contributed by atoms with van der Waals surface area (Å²) in [6.45, 7) is 6.57. The number of pyridine rings is 1. The van der Waals surface area contributed by atoms with E-state index in [0.717, 1.165) is 27.2 Å². The molecule has 0 spiro atoms. The molecule has 4 rings (SSSR count). The zero-order valence-electron chi connectivity index (χ0n) is 14.2. The van der Waals surface area contributed by atoms with E-state index in [9.17, 15) is 4.39 Å². The summed E-state index contributed by atoms with van der Waals surface area (Å²) in [5.41, 5.74) is 3.74. The second-order valence-corrected chi connectivity index (χ2v) is 6.84. The summed E-state index contributed by atoms with van der Waals surface area (Å²) < 4.78 is 13.8. The largest absolute Gasteiger partial charge is 0.260 e. The van der Waals surface area contributed by atoms with Crippen LogP contribution < -0.4 is 0 Å². The van der Waals surface area contributed by atoms with Crippen LogP contribution in [0.3, 0.4) is 0 Å². The third kappa shape index (κ3) is 2.34. The Morgan fingerprint density at radius 1 is 0.958 bits per heavy atom. The summed E-state index contributed by atoms with van der Waals surface area (Å²) in [6, 6.07) is 11.2. The molecule has 120 valence electrons. The van der Waals surface area contributed by atoms with Crippen LogP contribution in [0.4, 0.5) is 4.39 Å². The number of allylic oxidation sites excluding steroid dienone is 4. The van der Waals surface area contributed by atoms with E-state index >= 15 is 0 Å². The third-order valence-corrected chi connectivity index (χ3v) is 5.23. The Bertz CT molecular complexity index is 1010. The number of aromatic nitrogens is 1. The molecule has 1 nitrogen and oxygen atoms in total. The van der Waals surface area contributed by atoms with Gasteiger partial charge in [0.2, 0.25) is 0 Å². The second-order valence-electron chi connectivity index (χ2n) is 6.84. The molecule has 0 aliphatic heterocycles. The van der Waals surface area contributed by atoms with Crippen molar-refractivity contribution in [2.24, 2.45) is 5.92 Å². The molecule has 2 aromatic carbocycles. The summed E-state index contributed by atoms with van der Waals surface area (Å²) in [7, 11) is 0. The van der Waals surface area contributed by atoms with Gasteiger partial charge >= 0.3 is 0 Å². The lowest BCUT2D eigenvalue weighted by Crippen LogP contribution is -2.14. The monoisotopic (exact) mass is 317 g/mol. The molecule has 1 unspecified atom stereocenters. The molecule has 1 aromatic heterocycles. The topological polar surface area (TPSA) is 12.9 Å². The highest BCUT2D eigenvalue weighted by Crippen LogP contribution is 2.39. The van der Waals surface area contributed by atoms with Crippen LogP contribution in [0.1, 0.15) is 32.4 Å². The molecule has 0 bridgehead atoms. The molecule has 0 fully saturated rings. The highest BCUT2D eigenvalue weighted by atomic mass is 19.1. The van der Waals surface area contributed by atoms with E-state index in [1.165, 1.54) is 17.2 Å². The van der Waals surface area contributed by atoms with Gasteiger partial charge < -0.3 is 0 Å². The molecule has 0 N–H and O–H groups in total. The minimum atomic E-state index is -0.200. The van der Waals surface area contributed by atoms with E-state index in [1.54, 1.807) is 6.07 Å². The number of halogens is 1. The van der Waals surface area contributed by atoms with Crippen molar-refractivity contribution in [3.63, 3.8) is 0 Å². The first-order valence-corrected chi connectivity index (χ1v) is 8.38. The minimum Gasteiger partial charge on any atom is -0.260 e. The zero-order chi connectivity index (χ0) is 16.8. The molecule has 2 heteroatoms. The molecule has 24 heavy (non-hydrogen) atoms. The van der Waals surface area contributed by atoms with Gasteiger partial charge in [-0.25, -0.2) is 4.39 Å². The van der Waals surface area contributed by atoms with E-state index in [1.807, 2.05) is 18.3 Å². The van der Waals surface area contributed by atoms with Gasteiger partial charge in [0.05, 0.1) is 5.69 Å². The smallest absolute Gasteiger partial charge is 0.123 e. The lowest BCUT2D eigenvalue weighted by molar-refractivity contribution is 0.585. The van der Waals surface area contributed by atoms with Gasteiger partial charge in [0.15, 0.2) is 0 Å². The molecule has 0 radical (unpaired) electrons. The Balaban J connectivity index is 1.99. The first kappa shape index (κ1) is 15.1. The Morgan fingerprint density at radius 3 is 2.58 bits per heavy atom.